The Bertz CT molecular complexity index is 1330. The molecule has 4 rings (SSSR count). The molecule has 0 saturated heterocycles. The Hall–Kier alpha value is -4.12. The fourth-order valence-electron chi connectivity index (χ4n) is 3.05. The van der Waals surface area contributed by atoms with Crippen LogP contribution in [0.5, 0.6) is 0 Å². The third-order valence-electron chi connectivity index (χ3n) is 4.56. The van der Waals surface area contributed by atoms with Crippen LogP contribution < -0.4 is 5.32 Å². The number of rotatable bonds is 3. The van der Waals surface area contributed by atoms with Gasteiger partial charge in [-0.3, -0.25) is 9.08 Å². The van der Waals surface area contributed by atoms with Crippen molar-refractivity contribution in [3.63, 3.8) is 0 Å². The Morgan fingerprint density at radius 3 is 2.83 bits per heavy atom. The normalized spacial score (nSPS) is 10.5. The molecule has 7 nitrogen and oxygen atoms in total. The number of hydrogen-bond donors (Lipinski definition) is 1. The molecule has 0 bridgehead atoms. The Morgan fingerprint density at radius 1 is 1.27 bits per heavy atom. The number of aryl methyl sites for hydroxylation is 2. The molecule has 0 amide bonds. The van der Waals surface area contributed by atoms with E-state index in [2.05, 4.69) is 32.0 Å². The number of carbonyl (C=O) groups excluding carboxylic acids is 1. The molecule has 0 spiro atoms. The first-order chi connectivity index (χ1) is 14.5. The summed E-state index contributed by atoms with van der Waals surface area (Å²) in [5.41, 5.74) is 4.04. The highest BCUT2D eigenvalue weighted by Crippen LogP contribution is 2.21. The van der Waals surface area contributed by atoms with Crippen molar-refractivity contribution in [2.45, 2.75) is 6.92 Å². The first-order valence-electron chi connectivity index (χ1n) is 9.08. The van der Waals surface area contributed by atoms with Crippen molar-refractivity contribution < 1.29 is 13.9 Å². The van der Waals surface area contributed by atoms with Crippen LogP contribution in [0.15, 0.2) is 49.1 Å². The number of methoxy groups -OCH3 is 1. The third kappa shape index (κ3) is 3.61. The predicted octanol–water partition coefficient (Wildman–Crippen LogP) is 3.45. The summed E-state index contributed by atoms with van der Waals surface area (Å²) in [5, 5.41) is 7.43. The molecule has 0 fully saturated rings. The van der Waals surface area contributed by atoms with E-state index >= 15 is 0 Å². The number of halogens is 1. The topological polar surface area (TPSA) is 73.4 Å². The molecule has 3 aromatic heterocycles. The molecule has 150 valence electrons. The highest BCUT2D eigenvalue weighted by Gasteiger charge is 2.14. The molecule has 3 heterocycles. The highest BCUT2D eigenvalue weighted by molar-refractivity contribution is 5.90. The minimum Gasteiger partial charge on any atom is -0.465 e. The van der Waals surface area contributed by atoms with E-state index < -0.39 is 11.8 Å². The minimum absolute atomic E-state index is 0.145. The number of ether oxygens (including phenoxy) is 1. The number of benzene rings is 1. The van der Waals surface area contributed by atoms with E-state index in [0.29, 0.717) is 22.5 Å². The van der Waals surface area contributed by atoms with E-state index in [4.69, 9.17) is 0 Å². The zero-order valence-corrected chi connectivity index (χ0v) is 16.6. The van der Waals surface area contributed by atoms with Crippen molar-refractivity contribution in [2.75, 3.05) is 12.4 Å². The lowest BCUT2D eigenvalue weighted by Gasteiger charge is -2.05. The van der Waals surface area contributed by atoms with Crippen LogP contribution in [0.2, 0.25) is 0 Å². The third-order valence-corrected chi connectivity index (χ3v) is 4.56. The van der Waals surface area contributed by atoms with Gasteiger partial charge >= 0.3 is 5.97 Å². The number of nitrogens with zero attached hydrogens (tertiary/aromatic N) is 4. The molecule has 4 aromatic rings. The smallest absolute Gasteiger partial charge is 0.340 e. The summed E-state index contributed by atoms with van der Waals surface area (Å²) in [7, 11) is 3.06. The second-order valence-electron chi connectivity index (χ2n) is 6.68. The van der Waals surface area contributed by atoms with Gasteiger partial charge in [0.1, 0.15) is 11.5 Å². The molecule has 8 heteroatoms. The van der Waals surface area contributed by atoms with E-state index in [1.165, 1.54) is 19.2 Å². The molecule has 0 aliphatic rings. The van der Waals surface area contributed by atoms with Gasteiger partial charge in [-0.2, -0.15) is 5.10 Å². The van der Waals surface area contributed by atoms with Crippen LogP contribution in [0.1, 0.15) is 27.2 Å². The lowest BCUT2D eigenvalue weighted by molar-refractivity contribution is 0.0595. The van der Waals surface area contributed by atoms with E-state index in [-0.39, 0.29) is 5.56 Å². The highest BCUT2D eigenvalue weighted by atomic mass is 19.1. The van der Waals surface area contributed by atoms with Gasteiger partial charge in [0.05, 0.1) is 36.4 Å². The number of anilines is 2. The fourth-order valence-corrected chi connectivity index (χ4v) is 3.05. The number of esters is 1. The largest absolute Gasteiger partial charge is 0.465 e. The van der Waals surface area contributed by atoms with Crippen LogP contribution in [0.4, 0.5) is 15.8 Å². The average Bonchev–Trinajstić information content (AvgIpc) is 3.33. The van der Waals surface area contributed by atoms with Gasteiger partial charge in [-0.25, -0.2) is 14.2 Å². The van der Waals surface area contributed by atoms with E-state index in [9.17, 15) is 9.18 Å². The monoisotopic (exact) mass is 403 g/mol. The summed E-state index contributed by atoms with van der Waals surface area (Å²) in [4.78, 5) is 16.2. The Balaban J connectivity index is 1.70. The number of hydrogen-bond acceptors (Lipinski definition) is 5. The summed E-state index contributed by atoms with van der Waals surface area (Å²) in [6.45, 7) is 1.73. The maximum Gasteiger partial charge on any atom is 0.340 e. The average molecular weight is 403 g/mol. The lowest BCUT2D eigenvalue weighted by Crippen LogP contribution is -2.05. The quantitative estimate of drug-likeness (QED) is 0.419. The van der Waals surface area contributed by atoms with Crippen molar-refractivity contribution in [1.82, 2.24) is 19.2 Å². The number of fused-ring (bicyclic) bond motifs is 1. The van der Waals surface area contributed by atoms with Crippen LogP contribution in [-0.2, 0) is 11.8 Å². The molecule has 1 aromatic carbocycles. The van der Waals surface area contributed by atoms with E-state index in [1.807, 2.05) is 36.0 Å². The Morgan fingerprint density at radius 2 is 2.10 bits per heavy atom. The number of imidazole rings is 1. The molecule has 1 N–H and O–H groups in total. The van der Waals surface area contributed by atoms with Gasteiger partial charge in [-0.05, 0) is 42.7 Å². The van der Waals surface area contributed by atoms with Gasteiger partial charge in [0.15, 0.2) is 5.65 Å². The summed E-state index contributed by atoms with van der Waals surface area (Å²) in [6, 6.07) is 6.49. The van der Waals surface area contributed by atoms with Crippen molar-refractivity contribution in [3.05, 3.63) is 77.3 Å². The van der Waals surface area contributed by atoms with Crippen LogP contribution in [0.25, 0.3) is 5.65 Å². The maximum absolute atomic E-state index is 14.0. The van der Waals surface area contributed by atoms with Gasteiger partial charge in [0, 0.05) is 25.0 Å². The fraction of sp³-hybridized carbons (Fsp3) is 0.136. The maximum atomic E-state index is 14.0. The van der Waals surface area contributed by atoms with Gasteiger partial charge in [-0.1, -0.05) is 5.92 Å². The molecule has 30 heavy (non-hydrogen) atoms. The number of aromatic nitrogens is 4. The van der Waals surface area contributed by atoms with Gasteiger partial charge < -0.3 is 10.1 Å². The number of carbonyl (C=O) groups is 1. The number of pyridine rings is 1. The van der Waals surface area contributed by atoms with Crippen molar-refractivity contribution in [1.29, 1.82) is 0 Å². The lowest BCUT2D eigenvalue weighted by atomic mass is 10.0. The first kappa shape index (κ1) is 19.2. The van der Waals surface area contributed by atoms with Crippen molar-refractivity contribution in [3.8, 4) is 11.8 Å². The van der Waals surface area contributed by atoms with Crippen LogP contribution in [0.3, 0.4) is 0 Å². The molecular weight excluding hydrogens is 385 g/mol. The van der Waals surface area contributed by atoms with Gasteiger partial charge in [0.2, 0.25) is 0 Å². The standard InChI is InChI=1S/C22H18FN5O2/c1-14-9-19(23)18(22(29)30-3)10-15(14)6-7-17-12-24-21-20(5-4-8-28(17)21)26-16-11-25-27(2)13-16/h4-5,8-13,26H,1-3H3. The van der Waals surface area contributed by atoms with E-state index in [0.717, 1.165) is 11.4 Å². The Labute approximate surface area is 172 Å². The molecule has 0 atom stereocenters. The zero-order chi connectivity index (χ0) is 21.3. The number of nitrogens with one attached hydrogen (secondary N) is 1. The second-order valence-corrected chi connectivity index (χ2v) is 6.68. The second kappa shape index (κ2) is 7.72. The van der Waals surface area contributed by atoms with Crippen LogP contribution >= 0.6 is 0 Å². The summed E-state index contributed by atoms with van der Waals surface area (Å²) >= 11 is 0. The SMILES string of the molecule is COC(=O)c1cc(C#Cc2cnc3c(Nc4cnn(C)c4)cccn23)c(C)cc1F. The van der Waals surface area contributed by atoms with E-state index in [1.54, 1.807) is 24.0 Å². The molecule has 0 radical (unpaired) electrons. The van der Waals surface area contributed by atoms with Crippen LogP contribution in [0, 0.1) is 24.6 Å². The summed E-state index contributed by atoms with van der Waals surface area (Å²) in [5.74, 6) is 4.69. The van der Waals surface area contributed by atoms with Crippen molar-refractivity contribution >= 4 is 23.0 Å². The van der Waals surface area contributed by atoms with Crippen molar-refractivity contribution in [2.24, 2.45) is 7.05 Å². The Kier molecular flexibility index (Phi) is 4.94. The summed E-state index contributed by atoms with van der Waals surface area (Å²) < 4.78 is 22.2. The minimum atomic E-state index is -0.739. The summed E-state index contributed by atoms with van der Waals surface area (Å²) in [6.07, 6.45) is 7.11. The van der Waals surface area contributed by atoms with Gasteiger partial charge in [-0.15, -0.1) is 0 Å². The molecule has 0 aliphatic carbocycles. The zero-order valence-electron chi connectivity index (χ0n) is 16.6. The van der Waals surface area contributed by atoms with Crippen LogP contribution in [-0.4, -0.2) is 32.2 Å². The predicted molar refractivity (Wildman–Crippen MR) is 110 cm³/mol. The molecule has 0 aliphatic heterocycles. The first-order valence-corrected chi connectivity index (χ1v) is 9.08. The van der Waals surface area contributed by atoms with Gasteiger partial charge in [0.25, 0.3) is 0 Å². The molecule has 0 unspecified atom stereocenters. The molecule has 0 saturated carbocycles. The molecular formula is C22H18FN5O2.